The zero-order valence-electron chi connectivity index (χ0n) is 14.8. The first-order valence-electron chi connectivity index (χ1n) is 8.95. The lowest BCUT2D eigenvalue weighted by Crippen LogP contribution is -2.49. The highest BCUT2D eigenvalue weighted by Gasteiger charge is 2.36. The first-order chi connectivity index (χ1) is 12.4. The van der Waals surface area contributed by atoms with Gasteiger partial charge in [0, 0.05) is 31.3 Å². The van der Waals surface area contributed by atoms with Crippen LogP contribution in [0.15, 0.2) is 18.2 Å². The largest absolute Gasteiger partial charge is 0.480 e. The summed E-state index contributed by atoms with van der Waals surface area (Å²) in [6.45, 7) is 3.84. The van der Waals surface area contributed by atoms with Crippen LogP contribution in [0, 0.1) is 16.0 Å². The lowest BCUT2D eigenvalue weighted by atomic mass is 9.92. The van der Waals surface area contributed by atoms with Crippen LogP contribution in [0.1, 0.15) is 43.0 Å². The van der Waals surface area contributed by atoms with Gasteiger partial charge in [0.05, 0.1) is 4.92 Å². The van der Waals surface area contributed by atoms with Crippen LogP contribution in [-0.2, 0) is 4.79 Å². The minimum atomic E-state index is -1.03. The fraction of sp³-hybridized carbons (Fsp3) is 0.556. The third-order valence-electron chi connectivity index (χ3n) is 5.28. The van der Waals surface area contributed by atoms with E-state index in [1.165, 1.54) is 11.0 Å². The molecule has 2 heterocycles. The molecule has 26 heavy (non-hydrogen) atoms. The molecule has 0 aromatic heterocycles. The van der Waals surface area contributed by atoms with Crippen LogP contribution in [0.3, 0.4) is 0 Å². The summed E-state index contributed by atoms with van der Waals surface area (Å²) in [5.41, 5.74) is 0.585. The number of nitro benzene ring substituents is 1. The van der Waals surface area contributed by atoms with Gasteiger partial charge in [-0.2, -0.15) is 0 Å². The van der Waals surface area contributed by atoms with E-state index in [0.717, 1.165) is 32.4 Å². The van der Waals surface area contributed by atoms with Crippen molar-refractivity contribution in [1.29, 1.82) is 0 Å². The maximum absolute atomic E-state index is 12.9. The van der Waals surface area contributed by atoms with Crippen molar-refractivity contribution >= 4 is 23.3 Å². The molecule has 2 saturated heterocycles. The molecule has 1 amide bonds. The van der Waals surface area contributed by atoms with E-state index >= 15 is 0 Å². The number of hydrogen-bond donors (Lipinski definition) is 1. The predicted octanol–water partition coefficient (Wildman–Crippen LogP) is 2.52. The maximum Gasteiger partial charge on any atom is 0.326 e. The van der Waals surface area contributed by atoms with E-state index < -0.39 is 22.8 Å². The van der Waals surface area contributed by atoms with Crippen molar-refractivity contribution in [2.75, 3.05) is 24.5 Å². The first-order valence-corrected chi connectivity index (χ1v) is 8.95. The van der Waals surface area contributed by atoms with Gasteiger partial charge < -0.3 is 14.9 Å². The average molecular weight is 361 g/mol. The number of nitro groups is 1. The minimum absolute atomic E-state index is 0.102. The Morgan fingerprint density at radius 2 is 1.92 bits per heavy atom. The number of carbonyl (C=O) groups excluding carboxylic acids is 1. The molecule has 0 radical (unpaired) electrons. The van der Waals surface area contributed by atoms with Gasteiger partial charge in [-0.3, -0.25) is 14.9 Å². The molecule has 8 nitrogen and oxygen atoms in total. The highest BCUT2D eigenvalue weighted by atomic mass is 16.6. The summed E-state index contributed by atoms with van der Waals surface area (Å²) in [6.07, 6.45) is 3.10. The van der Waals surface area contributed by atoms with Crippen LogP contribution >= 0.6 is 0 Å². The Balaban J connectivity index is 1.90. The van der Waals surface area contributed by atoms with Crippen molar-refractivity contribution in [3.63, 3.8) is 0 Å². The molecule has 140 valence electrons. The SMILES string of the molecule is CC1CCN(C(=O)c2ccc(N3CCCC3)c([N+](=O)[O-])c2)C(C(=O)O)C1. The lowest BCUT2D eigenvalue weighted by Gasteiger charge is -2.36. The molecule has 0 aliphatic carbocycles. The minimum Gasteiger partial charge on any atom is -0.480 e. The number of anilines is 1. The maximum atomic E-state index is 12.9. The summed E-state index contributed by atoms with van der Waals surface area (Å²) in [4.78, 5) is 38.7. The Morgan fingerprint density at radius 3 is 2.54 bits per heavy atom. The van der Waals surface area contributed by atoms with Crippen molar-refractivity contribution in [3.8, 4) is 0 Å². The molecule has 8 heteroatoms. The van der Waals surface area contributed by atoms with Gasteiger partial charge in [-0.25, -0.2) is 4.79 Å². The molecule has 1 aromatic carbocycles. The van der Waals surface area contributed by atoms with Crippen LogP contribution in [0.2, 0.25) is 0 Å². The van der Waals surface area contributed by atoms with Gasteiger partial charge in [0.15, 0.2) is 0 Å². The molecule has 1 aromatic rings. The van der Waals surface area contributed by atoms with Crippen molar-refractivity contribution in [2.24, 2.45) is 5.92 Å². The van der Waals surface area contributed by atoms with Gasteiger partial charge in [0.25, 0.3) is 11.6 Å². The molecule has 2 fully saturated rings. The summed E-state index contributed by atoms with van der Waals surface area (Å²) < 4.78 is 0. The number of rotatable bonds is 4. The second-order valence-corrected chi connectivity index (χ2v) is 7.14. The van der Waals surface area contributed by atoms with E-state index in [1.807, 2.05) is 11.8 Å². The molecule has 0 saturated carbocycles. The number of amides is 1. The highest BCUT2D eigenvalue weighted by molar-refractivity contribution is 5.98. The van der Waals surface area contributed by atoms with Gasteiger partial charge in [-0.15, -0.1) is 0 Å². The monoisotopic (exact) mass is 361 g/mol. The molecule has 0 spiro atoms. The summed E-state index contributed by atoms with van der Waals surface area (Å²) in [6, 6.07) is 3.58. The van der Waals surface area contributed by atoms with Crippen LogP contribution in [0.5, 0.6) is 0 Å². The van der Waals surface area contributed by atoms with E-state index in [9.17, 15) is 24.8 Å². The smallest absolute Gasteiger partial charge is 0.326 e. The van der Waals surface area contributed by atoms with Gasteiger partial charge in [0.1, 0.15) is 11.7 Å². The average Bonchev–Trinajstić information content (AvgIpc) is 3.15. The van der Waals surface area contributed by atoms with Crippen molar-refractivity contribution in [3.05, 3.63) is 33.9 Å². The summed E-state index contributed by atoms with van der Waals surface area (Å²) in [5, 5.41) is 20.9. The van der Waals surface area contributed by atoms with Crippen molar-refractivity contribution in [2.45, 2.75) is 38.6 Å². The van der Waals surface area contributed by atoms with Gasteiger partial charge in [-0.1, -0.05) is 6.92 Å². The quantitative estimate of drug-likeness (QED) is 0.653. The number of carboxylic acid groups (broad SMARTS) is 1. The summed E-state index contributed by atoms with van der Waals surface area (Å²) in [5.74, 6) is -1.26. The Labute approximate surface area is 151 Å². The van der Waals surface area contributed by atoms with E-state index in [2.05, 4.69) is 0 Å². The number of carboxylic acids is 1. The zero-order valence-corrected chi connectivity index (χ0v) is 14.8. The lowest BCUT2D eigenvalue weighted by molar-refractivity contribution is -0.384. The number of likely N-dealkylation sites (tertiary alicyclic amines) is 1. The van der Waals surface area contributed by atoms with E-state index in [0.29, 0.717) is 18.7 Å². The Hall–Kier alpha value is -2.64. The summed E-state index contributed by atoms with van der Waals surface area (Å²) in [7, 11) is 0. The highest BCUT2D eigenvalue weighted by Crippen LogP contribution is 2.33. The van der Waals surface area contributed by atoms with Gasteiger partial charge in [-0.05, 0) is 43.7 Å². The molecule has 2 aliphatic heterocycles. The normalized spacial score (nSPS) is 23.1. The van der Waals surface area contributed by atoms with Crippen molar-refractivity contribution < 1.29 is 19.6 Å². The first kappa shape index (κ1) is 18.2. The second kappa shape index (κ2) is 7.31. The van der Waals surface area contributed by atoms with Gasteiger partial charge in [0.2, 0.25) is 0 Å². The van der Waals surface area contributed by atoms with Gasteiger partial charge >= 0.3 is 5.97 Å². The third-order valence-corrected chi connectivity index (χ3v) is 5.28. The van der Waals surface area contributed by atoms with E-state index in [1.54, 1.807) is 12.1 Å². The molecule has 2 aliphatic rings. The Kier molecular flexibility index (Phi) is 5.11. The standard InChI is InChI=1S/C18H23N3O5/c1-12-6-9-20(16(10-12)18(23)24)17(22)13-4-5-14(15(11-13)21(25)26)19-7-2-3-8-19/h4-5,11-12,16H,2-3,6-10H2,1H3,(H,23,24). The Morgan fingerprint density at radius 1 is 1.23 bits per heavy atom. The number of benzene rings is 1. The zero-order chi connectivity index (χ0) is 18.8. The fourth-order valence-electron chi connectivity index (χ4n) is 3.81. The fourth-order valence-corrected chi connectivity index (χ4v) is 3.81. The molecule has 1 N–H and O–H groups in total. The number of piperidine rings is 1. The number of hydrogen-bond acceptors (Lipinski definition) is 5. The molecule has 0 bridgehead atoms. The summed E-state index contributed by atoms with van der Waals surface area (Å²) >= 11 is 0. The number of nitrogens with zero attached hydrogens (tertiary/aromatic N) is 3. The van der Waals surface area contributed by atoms with E-state index in [-0.39, 0.29) is 17.2 Å². The number of carbonyl (C=O) groups is 2. The number of aliphatic carboxylic acids is 1. The molecule has 2 unspecified atom stereocenters. The topological polar surface area (TPSA) is 104 Å². The van der Waals surface area contributed by atoms with E-state index in [4.69, 9.17) is 0 Å². The second-order valence-electron chi connectivity index (χ2n) is 7.14. The molecule has 2 atom stereocenters. The van der Waals surface area contributed by atoms with Crippen LogP contribution < -0.4 is 4.90 Å². The molecular weight excluding hydrogens is 338 g/mol. The van der Waals surface area contributed by atoms with Crippen LogP contribution in [0.4, 0.5) is 11.4 Å². The Bertz CT molecular complexity index is 730. The molecule has 3 rings (SSSR count). The molecular formula is C18H23N3O5. The van der Waals surface area contributed by atoms with Crippen molar-refractivity contribution in [1.82, 2.24) is 4.90 Å². The third kappa shape index (κ3) is 3.49. The van der Waals surface area contributed by atoms with Crippen LogP contribution in [0.25, 0.3) is 0 Å². The van der Waals surface area contributed by atoms with Crippen LogP contribution in [-0.4, -0.2) is 52.5 Å². The predicted molar refractivity (Wildman–Crippen MR) is 95.4 cm³/mol.